The first kappa shape index (κ1) is 19.9. The molecule has 1 N–H and O–H groups in total. The Morgan fingerprint density at radius 3 is 2.67 bits per heavy atom. The molecule has 0 heterocycles. The number of nitrogens with zero attached hydrogens (tertiary/aromatic N) is 1. The van der Waals surface area contributed by atoms with Crippen molar-refractivity contribution in [2.45, 2.75) is 13.3 Å². The van der Waals surface area contributed by atoms with Crippen molar-refractivity contribution in [2.24, 2.45) is 0 Å². The van der Waals surface area contributed by atoms with Crippen molar-refractivity contribution in [1.29, 1.82) is 0 Å². The number of aliphatic hydroxyl groups is 1. The van der Waals surface area contributed by atoms with Crippen molar-refractivity contribution < 1.29 is 28.9 Å². The molecule has 0 aliphatic heterocycles. The second kappa shape index (κ2) is 11.4. The first-order chi connectivity index (χ1) is 11.6. The van der Waals surface area contributed by atoms with E-state index in [0.717, 1.165) is 0 Å². The van der Waals surface area contributed by atoms with E-state index in [9.17, 15) is 9.59 Å². The van der Waals surface area contributed by atoms with Gasteiger partial charge in [-0.1, -0.05) is 6.07 Å². The summed E-state index contributed by atoms with van der Waals surface area (Å²) in [6.07, 6.45) is 0.115. The maximum absolute atomic E-state index is 12.7. The van der Waals surface area contributed by atoms with Crippen LogP contribution < -0.4 is 4.74 Å². The van der Waals surface area contributed by atoms with E-state index in [1.807, 2.05) is 0 Å². The van der Waals surface area contributed by atoms with Crippen molar-refractivity contribution in [1.82, 2.24) is 4.90 Å². The quantitative estimate of drug-likeness (QED) is 0.480. The lowest BCUT2D eigenvalue weighted by atomic mass is 10.2. The lowest BCUT2D eigenvalue weighted by molar-refractivity contribution is -0.143. The van der Waals surface area contributed by atoms with E-state index in [0.29, 0.717) is 24.5 Å². The minimum absolute atomic E-state index is 0.0767. The summed E-state index contributed by atoms with van der Waals surface area (Å²) in [5, 5.41) is 8.73. The maximum atomic E-state index is 12.7. The first-order valence-corrected chi connectivity index (χ1v) is 7.90. The molecule has 0 radical (unpaired) electrons. The number of ether oxygens (including phenoxy) is 3. The van der Waals surface area contributed by atoms with Gasteiger partial charge in [0, 0.05) is 18.7 Å². The standard InChI is InChI=1S/C17H25NO6/c1-3-24-16(20)7-8-18(9-11-23-12-10-19)17(21)14-5-4-6-15(13-14)22-2/h4-6,13,19H,3,7-12H2,1-2H3. The second-order valence-electron chi connectivity index (χ2n) is 4.92. The number of carbonyl (C=O) groups excluding carboxylic acids is 2. The Labute approximate surface area is 142 Å². The van der Waals surface area contributed by atoms with Crippen LogP contribution in [0, 0.1) is 0 Å². The van der Waals surface area contributed by atoms with Crippen LogP contribution in [0.3, 0.4) is 0 Å². The van der Waals surface area contributed by atoms with Gasteiger partial charge in [-0.05, 0) is 25.1 Å². The molecule has 24 heavy (non-hydrogen) atoms. The Hall–Kier alpha value is -2.12. The number of methoxy groups -OCH3 is 1. The van der Waals surface area contributed by atoms with Gasteiger partial charge in [0.05, 0.1) is 40.0 Å². The van der Waals surface area contributed by atoms with Gasteiger partial charge in [-0.15, -0.1) is 0 Å². The highest BCUT2D eigenvalue weighted by Gasteiger charge is 2.17. The van der Waals surface area contributed by atoms with E-state index < -0.39 is 0 Å². The van der Waals surface area contributed by atoms with Gasteiger partial charge in [0.2, 0.25) is 0 Å². The topological polar surface area (TPSA) is 85.3 Å². The summed E-state index contributed by atoms with van der Waals surface area (Å²) in [6, 6.07) is 6.83. The first-order valence-electron chi connectivity index (χ1n) is 7.90. The molecule has 1 aromatic rings. The molecule has 1 aromatic carbocycles. The van der Waals surface area contributed by atoms with Crippen LogP contribution in [0.15, 0.2) is 24.3 Å². The van der Waals surface area contributed by atoms with Crippen molar-refractivity contribution >= 4 is 11.9 Å². The van der Waals surface area contributed by atoms with Crippen LogP contribution in [0.4, 0.5) is 0 Å². The van der Waals surface area contributed by atoms with Crippen molar-refractivity contribution in [2.75, 3.05) is 46.6 Å². The monoisotopic (exact) mass is 339 g/mol. The molecule has 0 saturated heterocycles. The molecule has 134 valence electrons. The predicted octanol–water partition coefficient (Wildman–Crippen LogP) is 1.10. The fourth-order valence-electron chi connectivity index (χ4n) is 2.05. The number of amides is 1. The largest absolute Gasteiger partial charge is 0.497 e. The van der Waals surface area contributed by atoms with Gasteiger partial charge in [0.1, 0.15) is 5.75 Å². The highest BCUT2D eigenvalue weighted by atomic mass is 16.5. The molecule has 0 aliphatic rings. The van der Waals surface area contributed by atoms with Gasteiger partial charge in [0.15, 0.2) is 0 Å². The highest BCUT2D eigenvalue weighted by Crippen LogP contribution is 2.14. The smallest absolute Gasteiger partial charge is 0.307 e. The number of carbonyl (C=O) groups is 2. The van der Waals surface area contributed by atoms with Gasteiger partial charge in [-0.3, -0.25) is 9.59 Å². The second-order valence-corrected chi connectivity index (χ2v) is 4.92. The molecule has 1 amide bonds. The van der Waals surface area contributed by atoms with E-state index in [1.54, 1.807) is 31.2 Å². The number of esters is 1. The summed E-state index contributed by atoms with van der Waals surface area (Å²) in [7, 11) is 1.53. The van der Waals surface area contributed by atoms with E-state index in [1.165, 1.54) is 12.0 Å². The number of benzene rings is 1. The molecule has 0 atom stereocenters. The average Bonchev–Trinajstić information content (AvgIpc) is 2.61. The SMILES string of the molecule is CCOC(=O)CCN(CCOCCO)C(=O)c1cccc(OC)c1. The van der Waals surface area contributed by atoms with Gasteiger partial charge in [-0.25, -0.2) is 0 Å². The Morgan fingerprint density at radius 2 is 2.00 bits per heavy atom. The lowest BCUT2D eigenvalue weighted by Gasteiger charge is -2.22. The summed E-state index contributed by atoms with van der Waals surface area (Å²) in [5.41, 5.74) is 0.473. The minimum atomic E-state index is -0.350. The summed E-state index contributed by atoms with van der Waals surface area (Å²) in [6.45, 7) is 3.00. The molecular formula is C17H25NO6. The molecule has 1 rings (SSSR count). The van der Waals surface area contributed by atoms with E-state index in [4.69, 9.17) is 19.3 Å². The Bertz CT molecular complexity index is 520. The predicted molar refractivity (Wildman–Crippen MR) is 88.1 cm³/mol. The van der Waals surface area contributed by atoms with Crippen LogP contribution in [0.1, 0.15) is 23.7 Å². The summed E-state index contributed by atoms with van der Waals surface area (Å²) >= 11 is 0. The summed E-state index contributed by atoms with van der Waals surface area (Å²) in [4.78, 5) is 25.7. The van der Waals surface area contributed by atoms with E-state index in [2.05, 4.69) is 0 Å². The summed E-state index contributed by atoms with van der Waals surface area (Å²) < 4.78 is 15.2. The van der Waals surface area contributed by atoms with Crippen LogP contribution in [-0.2, 0) is 14.3 Å². The van der Waals surface area contributed by atoms with Crippen molar-refractivity contribution in [3.05, 3.63) is 29.8 Å². The van der Waals surface area contributed by atoms with Crippen LogP contribution in [0.5, 0.6) is 5.75 Å². The van der Waals surface area contributed by atoms with Crippen LogP contribution in [0.2, 0.25) is 0 Å². The number of hydrogen-bond acceptors (Lipinski definition) is 6. The molecule has 0 aromatic heterocycles. The number of rotatable bonds is 11. The van der Waals surface area contributed by atoms with E-state index in [-0.39, 0.29) is 44.7 Å². The molecule has 0 bridgehead atoms. The lowest BCUT2D eigenvalue weighted by Crippen LogP contribution is -2.36. The molecule has 0 saturated carbocycles. The fourth-order valence-corrected chi connectivity index (χ4v) is 2.05. The van der Waals surface area contributed by atoms with Crippen LogP contribution >= 0.6 is 0 Å². The van der Waals surface area contributed by atoms with Gasteiger partial charge in [0.25, 0.3) is 5.91 Å². The number of aliphatic hydroxyl groups excluding tert-OH is 1. The minimum Gasteiger partial charge on any atom is -0.497 e. The molecule has 0 aliphatic carbocycles. The van der Waals surface area contributed by atoms with Crippen LogP contribution in [-0.4, -0.2) is 68.5 Å². The van der Waals surface area contributed by atoms with Gasteiger partial charge >= 0.3 is 5.97 Å². The molecule has 0 spiro atoms. The van der Waals surface area contributed by atoms with Crippen molar-refractivity contribution in [3.8, 4) is 5.75 Å². The zero-order chi connectivity index (χ0) is 17.8. The third-order valence-electron chi connectivity index (χ3n) is 3.24. The van der Waals surface area contributed by atoms with E-state index >= 15 is 0 Å². The zero-order valence-corrected chi connectivity index (χ0v) is 14.2. The van der Waals surface area contributed by atoms with Crippen LogP contribution in [0.25, 0.3) is 0 Å². The fraction of sp³-hybridized carbons (Fsp3) is 0.529. The Balaban J connectivity index is 2.73. The zero-order valence-electron chi connectivity index (χ0n) is 14.2. The maximum Gasteiger partial charge on any atom is 0.307 e. The van der Waals surface area contributed by atoms with Crippen molar-refractivity contribution in [3.63, 3.8) is 0 Å². The normalized spacial score (nSPS) is 10.3. The Kier molecular flexibility index (Phi) is 9.48. The third kappa shape index (κ3) is 6.97. The average molecular weight is 339 g/mol. The molecule has 7 nitrogen and oxygen atoms in total. The molecular weight excluding hydrogens is 314 g/mol. The molecule has 0 unspecified atom stereocenters. The molecule has 7 heteroatoms. The third-order valence-corrected chi connectivity index (χ3v) is 3.24. The summed E-state index contributed by atoms with van der Waals surface area (Å²) in [5.74, 6) is 0.0192. The molecule has 0 fully saturated rings. The van der Waals surface area contributed by atoms with Gasteiger partial charge < -0.3 is 24.2 Å². The highest BCUT2D eigenvalue weighted by molar-refractivity contribution is 5.94. The van der Waals surface area contributed by atoms with Gasteiger partial charge in [-0.2, -0.15) is 0 Å². The Morgan fingerprint density at radius 1 is 1.21 bits per heavy atom. The number of hydrogen-bond donors (Lipinski definition) is 1.